The van der Waals surface area contributed by atoms with Crippen LogP contribution in [0.15, 0.2) is 18.5 Å². The summed E-state index contributed by atoms with van der Waals surface area (Å²) in [6.07, 6.45) is 1.59. The highest BCUT2D eigenvalue weighted by molar-refractivity contribution is 5.42. The van der Waals surface area contributed by atoms with Crippen molar-refractivity contribution >= 4 is 11.5 Å². The predicted molar refractivity (Wildman–Crippen MR) is 54.1 cm³/mol. The fourth-order valence-corrected chi connectivity index (χ4v) is 1.13. The van der Waals surface area contributed by atoms with Gasteiger partial charge in [-0.3, -0.25) is 0 Å². The van der Waals surface area contributed by atoms with Gasteiger partial charge >= 0.3 is 0 Å². The molecule has 0 fully saturated rings. The number of fused-ring (bicyclic) bond motifs is 1. The monoisotopic (exact) mass is 191 g/mol. The van der Waals surface area contributed by atoms with E-state index >= 15 is 0 Å². The standard InChI is InChI=1S/C9H13N5/c1-7(2)5-10-8-3-4-9-12-11-6-14(9)13-8/h3-4,6-7H,5H2,1-2H3,(H,10,13). The van der Waals surface area contributed by atoms with Crippen LogP contribution in [-0.4, -0.2) is 26.4 Å². The molecule has 1 N–H and O–H groups in total. The molecule has 0 unspecified atom stereocenters. The molecule has 0 saturated carbocycles. The van der Waals surface area contributed by atoms with E-state index < -0.39 is 0 Å². The summed E-state index contributed by atoms with van der Waals surface area (Å²) in [5, 5.41) is 15.2. The van der Waals surface area contributed by atoms with Gasteiger partial charge in [-0.15, -0.1) is 15.3 Å². The Morgan fingerprint density at radius 2 is 2.29 bits per heavy atom. The van der Waals surface area contributed by atoms with E-state index in [1.165, 1.54) is 0 Å². The maximum absolute atomic E-state index is 4.29. The molecule has 14 heavy (non-hydrogen) atoms. The molecule has 0 atom stereocenters. The summed E-state index contributed by atoms with van der Waals surface area (Å²) in [7, 11) is 0. The van der Waals surface area contributed by atoms with Crippen LogP contribution < -0.4 is 5.32 Å². The van der Waals surface area contributed by atoms with E-state index in [2.05, 4.69) is 34.5 Å². The fourth-order valence-electron chi connectivity index (χ4n) is 1.13. The Labute approximate surface area is 82.2 Å². The average Bonchev–Trinajstić information content (AvgIpc) is 2.61. The van der Waals surface area contributed by atoms with Gasteiger partial charge in [-0.25, -0.2) is 0 Å². The lowest BCUT2D eigenvalue weighted by atomic mass is 10.2. The van der Waals surface area contributed by atoms with Crippen molar-refractivity contribution in [2.75, 3.05) is 11.9 Å². The van der Waals surface area contributed by atoms with Gasteiger partial charge in [-0.1, -0.05) is 13.8 Å². The van der Waals surface area contributed by atoms with E-state index in [1.54, 1.807) is 10.8 Å². The highest BCUT2D eigenvalue weighted by Gasteiger charge is 1.99. The lowest BCUT2D eigenvalue weighted by Gasteiger charge is -2.07. The average molecular weight is 191 g/mol. The largest absolute Gasteiger partial charge is 0.368 e. The molecule has 5 heteroatoms. The lowest BCUT2D eigenvalue weighted by Crippen LogP contribution is -2.10. The Hall–Kier alpha value is -1.65. The maximum Gasteiger partial charge on any atom is 0.177 e. The van der Waals surface area contributed by atoms with Crippen LogP contribution in [0, 0.1) is 5.92 Å². The normalized spacial score (nSPS) is 11.1. The second-order valence-corrected chi connectivity index (χ2v) is 3.63. The minimum absolute atomic E-state index is 0.605. The Morgan fingerprint density at radius 1 is 1.43 bits per heavy atom. The summed E-state index contributed by atoms with van der Waals surface area (Å²) < 4.78 is 1.66. The van der Waals surface area contributed by atoms with E-state index in [4.69, 9.17) is 0 Å². The minimum atomic E-state index is 0.605. The molecule has 0 aliphatic rings. The summed E-state index contributed by atoms with van der Waals surface area (Å²) in [5.74, 6) is 1.46. The first kappa shape index (κ1) is 8.93. The lowest BCUT2D eigenvalue weighted by molar-refractivity contribution is 0.685. The van der Waals surface area contributed by atoms with Crippen molar-refractivity contribution in [3.8, 4) is 0 Å². The van der Waals surface area contributed by atoms with Crippen molar-refractivity contribution in [3.05, 3.63) is 18.5 Å². The van der Waals surface area contributed by atoms with Crippen molar-refractivity contribution in [1.29, 1.82) is 0 Å². The second-order valence-electron chi connectivity index (χ2n) is 3.63. The molecule has 74 valence electrons. The third kappa shape index (κ3) is 1.81. The van der Waals surface area contributed by atoms with Gasteiger partial charge in [0.05, 0.1) is 0 Å². The number of anilines is 1. The molecule has 0 aliphatic carbocycles. The first-order valence-electron chi connectivity index (χ1n) is 4.66. The molecule has 2 aromatic heterocycles. The zero-order chi connectivity index (χ0) is 9.97. The van der Waals surface area contributed by atoms with Crippen LogP contribution in [0.4, 0.5) is 5.82 Å². The molecule has 0 aromatic carbocycles. The molecule has 2 aromatic rings. The number of rotatable bonds is 3. The van der Waals surface area contributed by atoms with Crippen molar-refractivity contribution in [2.24, 2.45) is 5.92 Å². The van der Waals surface area contributed by atoms with Crippen LogP contribution in [0.1, 0.15) is 13.8 Å². The highest BCUT2D eigenvalue weighted by Crippen LogP contribution is 2.04. The third-order valence-corrected chi connectivity index (χ3v) is 1.85. The molecule has 5 nitrogen and oxygen atoms in total. The van der Waals surface area contributed by atoms with E-state index in [0.717, 1.165) is 18.0 Å². The minimum Gasteiger partial charge on any atom is -0.368 e. The van der Waals surface area contributed by atoms with Gasteiger partial charge in [-0.05, 0) is 18.1 Å². The van der Waals surface area contributed by atoms with Crippen molar-refractivity contribution in [3.63, 3.8) is 0 Å². The predicted octanol–water partition coefficient (Wildman–Crippen LogP) is 1.19. The fraction of sp³-hybridized carbons (Fsp3) is 0.444. The summed E-state index contributed by atoms with van der Waals surface area (Å²) in [4.78, 5) is 0. The van der Waals surface area contributed by atoms with Gasteiger partial charge in [0.15, 0.2) is 5.65 Å². The van der Waals surface area contributed by atoms with Gasteiger partial charge in [0.1, 0.15) is 12.1 Å². The number of hydrogen-bond acceptors (Lipinski definition) is 4. The second kappa shape index (κ2) is 3.61. The molecule has 0 saturated heterocycles. The van der Waals surface area contributed by atoms with Crippen molar-refractivity contribution in [1.82, 2.24) is 19.8 Å². The Balaban J connectivity index is 2.17. The molecule has 0 aliphatic heterocycles. The molecule has 2 rings (SSSR count). The van der Waals surface area contributed by atoms with Gasteiger partial charge in [0, 0.05) is 6.54 Å². The van der Waals surface area contributed by atoms with Gasteiger partial charge in [0.2, 0.25) is 0 Å². The van der Waals surface area contributed by atoms with Crippen LogP contribution in [0.5, 0.6) is 0 Å². The molecule has 0 bridgehead atoms. The van der Waals surface area contributed by atoms with Crippen molar-refractivity contribution in [2.45, 2.75) is 13.8 Å². The summed E-state index contributed by atoms with van der Waals surface area (Å²) in [6, 6.07) is 3.80. The molecule has 0 radical (unpaired) electrons. The van der Waals surface area contributed by atoms with Crippen LogP contribution in [-0.2, 0) is 0 Å². The molecular formula is C9H13N5. The zero-order valence-corrected chi connectivity index (χ0v) is 8.31. The summed E-state index contributed by atoms with van der Waals surface area (Å²) in [5.41, 5.74) is 0.764. The Kier molecular flexibility index (Phi) is 2.30. The van der Waals surface area contributed by atoms with Gasteiger partial charge < -0.3 is 5.32 Å². The van der Waals surface area contributed by atoms with E-state index in [0.29, 0.717) is 5.92 Å². The first-order valence-corrected chi connectivity index (χ1v) is 4.66. The number of nitrogens with one attached hydrogen (secondary N) is 1. The zero-order valence-electron chi connectivity index (χ0n) is 8.31. The topological polar surface area (TPSA) is 55.1 Å². The van der Waals surface area contributed by atoms with Crippen LogP contribution in [0.2, 0.25) is 0 Å². The summed E-state index contributed by atoms with van der Waals surface area (Å²) in [6.45, 7) is 5.23. The van der Waals surface area contributed by atoms with Gasteiger partial charge in [0.25, 0.3) is 0 Å². The SMILES string of the molecule is CC(C)CNc1ccc2nncn2n1. The Morgan fingerprint density at radius 3 is 3.07 bits per heavy atom. The Bertz CT molecular complexity index is 420. The third-order valence-electron chi connectivity index (χ3n) is 1.85. The maximum atomic E-state index is 4.29. The highest BCUT2D eigenvalue weighted by atomic mass is 15.4. The van der Waals surface area contributed by atoms with Gasteiger partial charge in [-0.2, -0.15) is 4.52 Å². The molecule has 0 spiro atoms. The van der Waals surface area contributed by atoms with Crippen LogP contribution in [0.3, 0.4) is 0 Å². The number of aromatic nitrogens is 4. The number of nitrogens with zero attached hydrogens (tertiary/aromatic N) is 4. The molecule has 2 heterocycles. The van der Waals surface area contributed by atoms with E-state index in [1.807, 2.05) is 12.1 Å². The van der Waals surface area contributed by atoms with Crippen LogP contribution >= 0.6 is 0 Å². The van der Waals surface area contributed by atoms with Crippen LogP contribution in [0.25, 0.3) is 5.65 Å². The number of hydrogen-bond donors (Lipinski definition) is 1. The summed E-state index contributed by atoms with van der Waals surface area (Å²) >= 11 is 0. The quantitative estimate of drug-likeness (QED) is 0.791. The van der Waals surface area contributed by atoms with Crippen molar-refractivity contribution < 1.29 is 0 Å². The van der Waals surface area contributed by atoms with E-state index in [-0.39, 0.29) is 0 Å². The smallest absolute Gasteiger partial charge is 0.177 e. The molecular weight excluding hydrogens is 178 g/mol. The van der Waals surface area contributed by atoms with E-state index in [9.17, 15) is 0 Å². The first-order chi connectivity index (χ1) is 6.75. The molecule has 0 amide bonds.